The van der Waals surface area contributed by atoms with Crippen LogP contribution >= 0.6 is 0 Å². The van der Waals surface area contributed by atoms with Gasteiger partial charge in [0.1, 0.15) is 11.5 Å². The zero-order chi connectivity index (χ0) is 14.8. The first kappa shape index (κ1) is 15.6. The lowest BCUT2D eigenvalue weighted by Crippen LogP contribution is -2.38. The van der Waals surface area contributed by atoms with Gasteiger partial charge >= 0.3 is 0 Å². The first-order valence-corrected chi connectivity index (χ1v) is 6.07. The van der Waals surface area contributed by atoms with E-state index in [9.17, 15) is 9.59 Å². The van der Waals surface area contributed by atoms with E-state index in [-0.39, 0.29) is 25.0 Å². The molecule has 0 atom stereocenters. The molecule has 0 aliphatic carbocycles. The standard InChI is InChI=1S/C14H18N2O4/c1-3-8-15-13(17)9-16-14(18)10-20-12-6-4-11(19-2)5-7-12/h3-7H,1,8-10H2,2H3,(H,15,17)(H,16,18). The highest BCUT2D eigenvalue weighted by molar-refractivity contribution is 5.85. The van der Waals surface area contributed by atoms with Crippen LogP contribution in [0.4, 0.5) is 0 Å². The minimum Gasteiger partial charge on any atom is -0.497 e. The molecular formula is C14H18N2O4. The van der Waals surface area contributed by atoms with Gasteiger partial charge < -0.3 is 20.1 Å². The molecule has 0 fully saturated rings. The van der Waals surface area contributed by atoms with Gasteiger partial charge in [-0.3, -0.25) is 9.59 Å². The number of methoxy groups -OCH3 is 1. The van der Waals surface area contributed by atoms with E-state index in [1.807, 2.05) is 0 Å². The van der Waals surface area contributed by atoms with Crippen LogP contribution in [0.3, 0.4) is 0 Å². The van der Waals surface area contributed by atoms with Crippen LogP contribution in [0.5, 0.6) is 11.5 Å². The van der Waals surface area contributed by atoms with Crippen molar-refractivity contribution in [1.82, 2.24) is 10.6 Å². The van der Waals surface area contributed by atoms with Crippen LogP contribution in [0.25, 0.3) is 0 Å². The Labute approximate surface area is 117 Å². The Kier molecular flexibility index (Phi) is 6.67. The minimum atomic E-state index is -0.366. The van der Waals surface area contributed by atoms with E-state index in [0.717, 1.165) is 0 Å². The van der Waals surface area contributed by atoms with Crippen LogP contribution in [0, 0.1) is 0 Å². The van der Waals surface area contributed by atoms with Crippen molar-refractivity contribution in [2.24, 2.45) is 0 Å². The molecular weight excluding hydrogens is 260 g/mol. The Morgan fingerprint density at radius 3 is 2.40 bits per heavy atom. The molecule has 108 valence electrons. The molecule has 0 aliphatic rings. The molecule has 1 aromatic rings. The van der Waals surface area contributed by atoms with Gasteiger partial charge in [0.15, 0.2) is 6.61 Å². The average Bonchev–Trinajstić information content (AvgIpc) is 2.49. The van der Waals surface area contributed by atoms with E-state index in [4.69, 9.17) is 9.47 Å². The zero-order valence-corrected chi connectivity index (χ0v) is 11.3. The molecule has 0 aromatic heterocycles. The van der Waals surface area contributed by atoms with Gasteiger partial charge in [-0.1, -0.05) is 6.08 Å². The molecule has 2 amide bonds. The van der Waals surface area contributed by atoms with Crippen molar-refractivity contribution in [2.45, 2.75) is 0 Å². The number of benzene rings is 1. The van der Waals surface area contributed by atoms with Gasteiger partial charge in [0.2, 0.25) is 5.91 Å². The maximum atomic E-state index is 11.5. The molecule has 0 spiro atoms. The van der Waals surface area contributed by atoms with Crippen molar-refractivity contribution in [3.63, 3.8) is 0 Å². The molecule has 6 heteroatoms. The smallest absolute Gasteiger partial charge is 0.258 e. The van der Waals surface area contributed by atoms with Gasteiger partial charge in [0.05, 0.1) is 13.7 Å². The summed E-state index contributed by atoms with van der Waals surface area (Å²) in [7, 11) is 1.57. The molecule has 0 heterocycles. The van der Waals surface area contributed by atoms with Gasteiger partial charge in [-0.15, -0.1) is 6.58 Å². The Bertz CT molecular complexity index is 457. The lowest BCUT2D eigenvalue weighted by Gasteiger charge is -2.08. The van der Waals surface area contributed by atoms with Crippen LogP contribution < -0.4 is 20.1 Å². The number of nitrogens with one attached hydrogen (secondary N) is 2. The lowest BCUT2D eigenvalue weighted by molar-refractivity contribution is -0.127. The third kappa shape index (κ3) is 5.90. The van der Waals surface area contributed by atoms with Crippen LogP contribution in [0.2, 0.25) is 0 Å². The summed E-state index contributed by atoms with van der Waals surface area (Å²) < 4.78 is 10.3. The number of amides is 2. The predicted molar refractivity (Wildman–Crippen MR) is 74.7 cm³/mol. The largest absolute Gasteiger partial charge is 0.497 e. The van der Waals surface area contributed by atoms with Gasteiger partial charge in [-0.05, 0) is 24.3 Å². The second-order valence-electron chi connectivity index (χ2n) is 3.83. The van der Waals surface area contributed by atoms with Crippen LogP contribution in [0.1, 0.15) is 0 Å². The molecule has 20 heavy (non-hydrogen) atoms. The second-order valence-corrected chi connectivity index (χ2v) is 3.83. The van der Waals surface area contributed by atoms with Gasteiger partial charge in [-0.25, -0.2) is 0 Å². The molecule has 0 bridgehead atoms. The summed E-state index contributed by atoms with van der Waals surface area (Å²) >= 11 is 0. The van der Waals surface area contributed by atoms with Crippen molar-refractivity contribution >= 4 is 11.8 Å². The SMILES string of the molecule is C=CCNC(=O)CNC(=O)COc1ccc(OC)cc1. The van der Waals surface area contributed by atoms with Gasteiger partial charge in [-0.2, -0.15) is 0 Å². The van der Waals surface area contributed by atoms with E-state index in [0.29, 0.717) is 18.0 Å². The predicted octanol–water partition coefficient (Wildman–Crippen LogP) is 0.492. The number of carbonyl (C=O) groups is 2. The molecule has 1 aromatic carbocycles. The van der Waals surface area contributed by atoms with E-state index in [1.165, 1.54) is 0 Å². The molecule has 0 saturated heterocycles. The van der Waals surface area contributed by atoms with Crippen molar-refractivity contribution in [1.29, 1.82) is 0 Å². The Balaban J connectivity index is 2.25. The van der Waals surface area contributed by atoms with Crippen molar-refractivity contribution in [3.8, 4) is 11.5 Å². The number of rotatable bonds is 8. The summed E-state index contributed by atoms with van der Waals surface area (Å²) in [5.74, 6) is 0.620. The van der Waals surface area contributed by atoms with E-state index < -0.39 is 0 Å². The Morgan fingerprint density at radius 1 is 1.15 bits per heavy atom. The van der Waals surface area contributed by atoms with Crippen molar-refractivity contribution < 1.29 is 19.1 Å². The summed E-state index contributed by atoms with van der Waals surface area (Å²) in [5, 5.41) is 5.00. The lowest BCUT2D eigenvalue weighted by atomic mass is 10.3. The highest BCUT2D eigenvalue weighted by atomic mass is 16.5. The monoisotopic (exact) mass is 278 g/mol. The molecule has 6 nitrogen and oxygen atoms in total. The molecule has 0 radical (unpaired) electrons. The molecule has 0 unspecified atom stereocenters. The number of ether oxygens (including phenoxy) is 2. The second kappa shape index (κ2) is 8.58. The fourth-order valence-electron chi connectivity index (χ4n) is 1.30. The maximum absolute atomic E-state index is 11.5. The average molecular weight is 278 g/mol. The number of hydrogen-bond donors (Lipinski definition) is 2. The Morgan fingerprint density at radius 2 is 1.80 bits per heavy atom. The van der Waals surface area contributed by atoms with Crippen LogP contribution in [-0.4, -0.2) is 38.6 Å². The minimum absolute atomic E-state index is 0.0847. The van der Waals surface area contributed by atoms with Crippen molar-refractivity contribution in [3.05, 3.63) is 36.9 Å². The van der Waals surface area contributed by atoms with Crippen LogP contribution in [-0.2, 0) is 9.59 Å². The number of hydrogen-bond acceptors (Lipinski definition) is 4. The normalized spacial score (nSPS) is 9.45. The molecule has 0 saturated carbocycles. The summed E-state index contributed by atoms with van der Waals surface area (Å²) in [6.07, 6.45) is 1.56. The topological polar surface area (TPSA) is 76.7 Å². The van der Waals surface area contributed by atoms with E-state index in [1.54, 1.807) is 37.5 Å². The third-order valence-corrected chi connectivity index (χ3v) is 2.32. The highest BCUT2D eigenvalue weighted by Gasteiger charge is 2.05. The fourth-order valence-corrected chi connectivity index (χ4v) is 1.30. The summed E-state index contributed by atoms with van der Waals surface area (Å²) in [6.45, 7) is 3.61. The molecule has 2 N–H and O–H groups in total. The fraction of sp³-hybridized carbons (Fsp3) is 0.286. The summed E-state index contributed by atoms with van der Waals surface area (Å²) in [6, 6.07) is 6.86. The van der Waals surface area contributed by atoms with Crippen molar-refractivity contribution in [2.75, 3.05) is 26.8 Å². The number of carbonyl (C=O) groups excluding carboxylic acids is 2. The van der Waals surface area contributed by atoms with E-state index >= 15 is 0 Å². The zero-order valence-electron chi connectivity index (χ0n) is 11.3. The summed E-state index contributed by atoms with van der Waals surface area (Å²) in [4.78, 5) is 22.7. The quantitative estimate of drug-likeness (QED) is 0.679. The van der Waals surface area contributed by atoms with Crippen LogP contribution in [0.15, 0.2) is 36.9 Å². The maximum Gasteiger partial charge on any atom is 0.258 e. The first-order valence-electron chi connectivity index (χ1n) is 6.07. The Hall–Kier alpha value is -2.50. The molecule has 0 aliphatic heterocycles. The first-order chi connectivity index (χ1) is 9.65. The van der Waals surface area contributed by atoms with Gasteiger partial charge in [0, 0.05) is 6.54 Å². The summed E-state index contributed by atoms with van der Waals surface area (Å²) in [5.41, 5.74) is 0. The molecule has 1 rings (SSSR count). The van der Waals surface area contributed by atoms with E-state index in [2.05, 4.69) is 17.2 Å². The third-order valence-electron chi connectivity index (χ3n) is 2.32. The van der Waals surface area contributed by atoms with Gasteiger partial charge in [0.25, 0.3) is 5.91 Å². The highest BCUT2D eigenvalue weighted by Crippen LogP contribution is 2.16.